The Bertz CT molecular complexity index is 588. The topological polar surface area (TPSA) is 42.2 Å². The second kappa shape index (κ2) is 8.23. The van der Waals surface area contributed by atoms with E-state index >= 15 is 0 Å². The van der Waals surface area contributed by atoms with Gasteiger partial charge in [-0.15, -0.1) is 0 Å². The largest absolute Gasteiger partial charge is 0.497 e. The number of nitrogens with zero attached hydrogens (tertiary/aromatic N) is 1. The molecule has 0 radical (unpaired) electrons. The molecule has 0 spiro atoms. The van der Waals surface area contributed by atoms with Gasteiger partial charge in [-0.3, -0.25) is 0 Å². The minimum absolute atomic E-state index is 0.674. The number of benzene rings is 2. The lowest BCUT2D eigenvalue weighted by molar-refractivity contribution is 0.342. The van der Waals surface area contributed by atoms with Crippen LogP contribution in [-0.2, 0) is 5.75 Å². The van der Waals surface area contributed by atoms with Gasteiger partial charge < -0.3 is 9.47 Å². The van der Waals surface area contributed by atoms with Crippen LogP contribution < -0.4 is 9.47 Å². The maximum absolute atomic E-state index is 8.74. The van der Waals surface area contributed by atoms with Gasteiger partial charge in [0, 0.05) is 11.5 Å². The van der Waals surface area contributed by atoms with E-state index in [2.05, 4.69) is 6.07 Å². The highest BCUT2D eigenvalue weighted by molar-refractivity contribution is 7.98. The molecule has 0 aromatic heterocycles. The lowest BCUT2D eigenvalue weighted by Crippen LogP contribution is -2.00. The molecule has 0 bridgehead atoms. The third-order valence-electron chi connectivity index (χ3n) is 2.91. The first kappa shape index (κ1) is 15.3. The summed E-state index contributed by atoms with van der Waals surface area (Å²) in [4.78, 5) is 0. The van der Waals surface area contributed by atoms with E-state index in [0.29, 0.717) is 12.2 Å². The number of methoxy groups -OCH3 is 1. The van der Waals surface area contributed by atoms with E-state index in [9.17, 15) is 0 Å². The molecule has 0 heterocycles. The summed E-state index contributed by atoms with van der Waals surface area (Å²) in [6, 6.07) is 17.4. The molecule has 2 aromatic carbocycles. The fourth-order valence-corrected chi connectivity index (χ4v) is 2.53. The molecular weight excluding hydrogens is 282 g/mol. The van der Waals surface area contributed by atoms with Crippen molar-refractivity contribution in [1.82, 2.24) is 0 Å². The van der Waals surface area contributed by atoms with Crippen molar-refractivity contribution >= 4 is 11.8 Å². The quantitative estimate of drug-likeness (QED) is 0.728. The minimum atomic E-state index is 0.674. The first-order chi connectivity index (χ1) is 10.3. The summed E-state index contributed by atoms with van der Waals surface area (Å²) in [7, 11) is 1.65. The molecule has 0 aliphatic rings. The molecular formula is C17H17NO2S. The second-order valence-electron chi connectivity index (χ2n) is 4.39. The van der Waals surface area contributed by atoms with E-state index in [-0.39, 0.29) is 0 Å². The van der Waals surface area contributed by atoms with Crippen molar-refractivity contribution in [2.24, 2.45) is 0 Å². The molecule has 0 saturated carbocycles. The van der Waals surface area contributed by atoms with Crippen LogP contribution in [0.1, 0.15) is 11.1 Å². The van der Waals surface area contributed by atoms with E-state index in [1.54, 1.807) is 7.11 Å². The van der Waals surface area contributed by atoms with Gasteiger partial charge in [0.2, 0.25) is 0 Å². The Labute approximate surface area is 129 Å². The van der Waals surface area contributed by atoms with Crippen molar-refractivity contribution in [3.05, 3.63) is 59.7 Å². The monoisotopic (exact) mass is 299 g/mol. The molecule has 0 aliphatic carbocycles. The van der Waals surface area contributed by atoms with Crippen LogP contribution in [0, 0.1) is 11.3 Å². The van der Waals surface area contributed by atoms with Gasteiger partial charge in [0.1, 0.15) is 11.5 Å². The molecule has 2 aromatic rings. The molecule has 3 nitrogen and oxygen atoms in total. The van der Waals surface area contributed by atoms with Crippen molar-refractivity contribution in [3.63, 3.8) is 0 Å². The van der Waals surface area contributed by atoms with Crippen LogP contribution in [0.15, 0.2) is 48.5 Å². The Kier molecular flexibility index (Phi) is 5.99. The van der Waals surface area contributed by atoms with Crippen molar-refractivity contribution in [3.8, 4) is 17.6 Å². The molecule has 2 rings (SSSR count). The standard InChI is InChI=1S/C17H17NO2S/c1-19-16-6-8-17(9-7-16)20-10-11-21-13-15-4-2-14(12-18)3-5-15/h2-9H,10-11,13H2,1H3. The van der Waals surface area contributed by atoms with Crippen molar-refractivity contribution in [2.75, 3.05) is 19.5 Å². The maximum atomic E-state index is 8.74. The Balaban J connectivity index is 1.66. The van der Waals surface area contributed by atoms with Crippen LogP contribution in [0.5, 0.6) is 11.5 Å². The highest BCUT2D eigenvalue weighted by Gasteiger charge is 1.97. The molecule has 0 aliphatic heterocycles. The van der Waals surface area contributed by atoms with Crippen LogP contribution in [0.3, 0.4) is 0 Å². The number of rotatable bonds is 7. The summed E-state index contributed by atoms with van der Waals surface area (Å²) in [6.45, 7) is 0.674. The van der Waals surface area contributed by atoms with Crippen LogP contribution in [0.2, 0.25) is 0 Å². The zero-order valence-corrected chi connectivity index (χ0v) is 12.7. The predicted octanol–water partition coefficient (Wildman–Crippen LogP) is 3.88. The Morgan fingerprint density at radius 3 is 2.29 bits per heavy atom. The van der Waals surface area contributed by atoms with E-state index in [4.69, 9.17) is 14.7 Å². The highest BCUT2D eigenvalue weighted by atomic mass is 32.2. The maximum Gasteiger partial charge on any atom is 0.119 e. The van der Waals surface area contributed by atoms with Gasteiger partial charge in [-0.25, -0.2) is 0 Å². The zero-order chi connectivity index (χ0) is 14.9. The molecule has 0 amide bonds. The summed E-state index contributed by atoms with van der Waals surface area (Å²) in [5.74, 6) is 3.54. The zero-order valence-electron chi connectivity index (χ0n) is 11.9. The van der Waals surface area contributed by atoms with E-state index in [0.717, 1.165) is 23.0 Å². The van der Waals surface area contributed by atoms with E-state index in [1.165, 1.54) is 5.56 Å². The second-order valence-corrected chi connectivity index (χ2v) is 5.49. The number of ether oxygens (including phenoxy) is 2. The molecule has 4 heteroatoms. The van der Waals surface area contributed by atoms with Gasteiger partial charge >= 0.3 is 0 Å². The Hall–Kier alpha value is -2.12. The van der Waals surface area contributed by atoms with Crippen LogP contribution in [-0.4, -0.2) is 19.5 Å². The fraction of sp³-hybridized carbons (Fsp3) is 0.235. The van der Waals surface area contributed by atoms with Gasteiger partial charge in [0.05, 0.1) is 25.3 Å². The third kappa shape index (κ3) is 5.05. The van der Waals surface area contributed by atoms with Gasteiger partial charge in [-0.2, -0.15) is 17.0 Å². The average molecular weight is 299 g/mol. The van der Waals surface area contributed by atoms with Gasteiger partial charge in [0.25, 0.3) is 0 Å². The van der Waals surface area contributed by atoms with Gasteiger partial charge in [-0.1, -0.05) is 12.1 Å². The smallest absolute Gasteiger partial charge is 0.119 e. The third-order valence-corrected chi connectivity index (χ3v) is 3.90. The summed E-state index contributed by atoms with van der Waals surface area (Å²) in [5.41, 5.74) is 1.93. The molecule has 0 saturated heterocycles. The van der Waals surface area contributed by atoms with Crippen LogP contribution >= 0.6 is 11.8 Å². The summed E-state index contributed by atoms with van der Waals surface area (Å²) in [5, 5.41) is 8.74. The SMILES string of the molecule is COc1ccc(OCCSCc2ccc(C#N)cc2)cc1. The summed E-state index contributed by atoms with van der Waals surface area (Å²) < 4.78 is 10.8. The predicted molar refractivity (Wildman–Crippen MR) is 85.8 cm³/mol. The van der Waals surface area contributed by atoms with Crippen LogP contribution in [0.4, 0.5) is 0 Å². The first-order valence-corrected chi connectivity index (χ1v) is 7.81. The molecule has 0 N–H and O–H groups in total. The highest BCUT2D eigenvalue weighted by Crippen LogP contribution is 2.18. The molecule has 21 heavy (non-hydrogen) atoms. The van der Waals surface area contributed by atoms with Crippen molar-refractivity contribution < 1.29 is 9.47 Å². The minimum Gasteiger partial charge on any atom is -0.497 e. The Morgan fingerprint density at radius 2 is 1.67 bits per heavy atom. The molecule has 0 unspecified atom stereocenters. The number of hydrogen-bond acceptors (Lipinski definition) is 4. The lowest BCUT2D eigenvalue weighted by Gasteiger charge is -2.07. The normalized spacial score (nSPS) is 9.90. The molecule has 108 valence electrons. The average Bonchev–Trinajstić information content (AvgIpc) is 2.55. The van der Waals surface area contributed by atoms with Gasteiger partial charge in [-0.05, 0) is 42.0 Å². The fourth-order valence-electron chi connectivity index (χ4n) is 1.76. The molecule has 0 atom stereocenters. The molecule has 0 fully saturated rings. The van der Waals surface area contributed by atoms with Crippen molar-refractivity contribution in [1.29, 1.82) is 5.26 Å². The van der Waals surface area contributed by atoms with E-state index < -0.39 is 0 Å². The summed E-state index contributed by atoms with van der Waals surface area (Å²) >= 11 is 1.81. The Morgan fingerprint density at radius 1 is 1.00 bits per heavy atom. The first-order valence-electron chi connectivity index (χ1n) is 6.65. The lowest BCUT2D eigenvalue weighted by atomic mass is 10.2. The summed E-state index contributed by atoms with van der Waals surface area (Å²) in [6.07, 6.45) is 0. The van der Waals surface area contributed by atoms with E-state index in [1.807, 2.05) is 60.3 Å². The van der Waals surface area contributed by atoms with Gasteiger partial charge in [0.15, 0.2) is 0 Å². The number of thioether (sulfide) groups is 1. The van der Waals surface area contributed by atoms with Crippen molar-refractivity contribution in [2.45, 2.75) is 5.75 Å². The van der Waals surface area contributed by atoms with Crippen LogP contribution in [0.25, 0.3) is 0 Å². The number of nitriles is 1. The number of hydrogen-bond donors (Lipinski definition) is 0.